The molecule has 2 aromatic carbocycles. The first-order valence-electron chi connectivity index (χ1n) is 7.51. The predicted octanol–water partition coefficient (Wildman–Crippen LogP) is 3.92. The van der Waals surface area contributed by atoms with Crippen LogP contribution < -0.4 is 0 Å². The molecule has 0 fully saturated rings. The van der Waals surface area contributed by atoms with Gasteiger partial charge in [-0.3, -0.25) is 14.4 Å². The first-order chi connectivity index (χ1) is 11.6. The number of fused-ring (bicyclic) bond motifs is 2. The Bertz CT molecular complexity index is 1010. The second-order valence-electron chi connectivity index (χ2n) is 5.64. The summed E-state index contributed by atoms with van der Waals surface area (Å²) in [5, 5.41) is 0. The van der Waals surface area contributed by atoms with Crippen molar-refractivity contribution < 1.29 is 18.8 Å². The topological polar surface area (TPSA) is 64.3 Å². The van der Waals surface area contributed by atoms with Crippen LogP contribution in [0, 0.1) is 0 Å². The molecule has 1 aromatic heterocycles. The molecule has 0 aliphatic heterocycles. The summed E-state index contributed by atoms with van der Waals surface area (Å²) in [7, 11) is 0. The highest BCUT2D eigenvalue weighted by atomic mass is 16.4. The third kappa shape index (κ3) is 1.90. The van der Waals surface area contributed by atoms with Crippen molar-refractivity contribution in [2.24, 2.45) is 0 Å². The molecule has 3 aromatic rings. The van der Waals surface area contributed by atoms with E-state index in [0.29, 0.717) is 22.3 Å². The van der Waals surface area contributed by atoms with Crippen LogP contribution in [0.2, 0.25) is 0 Å². The van der Waals surface area contributed by atoms with Gasteiger partial charge >= 0.3 is 0 Å². The van der Waals surface area contributed by atoms with Crippen LogP contribution in [0.1, 0.15) is 49.5 Å². The summed E-state index contributed by atoms with van der Waals surface area (Å²) in [4.78, 5) is 37.7. The molecule has 1 heterocycles. The number of carbonyl (C=O) groups excluding carboxylic acids is 3. The standard InChI is InChI=1S/C20H12O4/c1-11(21)19-15(12-7-3-2-4-8-12)16-17(22)13-9-5-6-10-14(13)18(23)20(16)24-19/h2-10H,1H3. The molecule has 0 amide bonds. The summed E-state index contributed by atoms with van der Waals surface area (Å²) in [6.45, 7) is 1.36. The van der Waals surface area contributed by atoms with E-state index >= 15 is 0 Å². The van der Waals surface area contributed by atoms with Crippen LogP contribution in [0.3, 0.4) is 0 Å². The molecule has 4 rings (SSSR count). The van der Waals surface area contributed by atoms with E-state index in [2.05, 4.69) is 0 Å². The normalized spacial score (nSPS) is 12.7. The molecule has 0 atom stereocenters. The van der Waals surface area contributed by atoms with E-state index in [1.165, 1.54) is 6.92 Å². The fraction of sp³-hybridized carbons (Fsp3) is 0.0500. The average Bonchev–Trinajstić information content (AvgIpc) is 3.02. The first-order valence-corrected chi connectivity index (χ1v) is 7.51. The van der Waals surface area contributed by atoms with Gasteiger partial charge in [0.1, 0.15) is 0 Å². The molecule has 0 N–H and O–H groups in total. The number of furan rings is 1. The summed E-state index contributed by atoms with van der Waals surface area (Å²) < 4.78 is 5.57. The van der Waals surface area contributed by atoms with Gasteiger partial charge in [-0.15, -0.1) is 0 Å². The molecule has 0 spiro atoms. The molecule has 0 saturated heterocycles. The Labute approximate surface area is 137 Å². The maximum Gasteiger partial charge on any atom is 0.229 e. The third-order valence-corrected chi connectivity index (χ3v) is 4.14. The summed E-state index contributed by atoms with van der Waals surface area (Å²) in [5.74, 6) is -1.00. The Kier molecular flexibility index (Phi) is 3.06. The zero-order valence-corrected chi connectivity index (χ0v) is 12.8. The van der Waals surface area contributed by atoms with Crippen molar-refractivity contribution in [2.75, 3.05) is 0 Å². The van der Waals surface area contributed by atoms with Crippen molar-refractivity contribution in [1.29, 1.82) is 0 Å². The van der Waals surface area contributed by atoms with Crippen LogP contribution in [-0.4, -0.2) is 17.3 Å². The molecule has 1 aliphatic rings. The minimum atomic E-state index is -0.370. The monoisotopic (exact) mass is 316 g/mol. The zero-order chi connectivity index (χ0) is 16.8. The van der Waals surface area contributed by atoms with E-state index < -0.39 is 0 Å². The number of hydrogen-bond acceptors (Lipinski definition) is 4. The predicted molar refractivity (Wildman–Crippen MR) is 87.5 cm³/mol. The maximum atomic E-state index is 13.0. The largest absolute Gasteiger partial charge is 0.448 e. The van der Waals surface area contributed by atoms with Gasteiger partial charge in [0.25, 0.3) is 0 Å². The van der Waals surface area contributed by atoms with Gasteiger partial charge in [0.05, 0.1) is 5.56 Å². The van der Waals surface area contributed by atoms with Crippen LogP contribution in [0.15, 0.2) is 59.0 Å². The number of hydrogen-bond donors (Lipinski definition) is 0. The van der Waals surface area contributed by atoms with Crippen molar-refractivity contribution in [1.82, 2.24) is 0 Å². The molecular weight excluding hydrogens is 304 g/mol. The fourth-order valence-electron chi connectivity index (χ4n) is 3.07. The van der Waals surface area contributed by atoms with Crippen LogP contribution in [0.25, 0.3) is 11.1 Å². The molecule has 0 saturated carbocycles. The van der Waals surface area contributed by atoms with E-state index in [9.17, 15) is 14.4 Å². The van der Waals surface area contributed by atoms with Gasteiger partial charge < -0.3 is 4.42 Å². The molecule has 116 valence electrons. The van der Waals surface area contributed by atoms with E-state index in [1.54, 1.807) is 36.4 Å². The second-order valence-corrected chi connectivity index (χ2v) is 5.64. The Morgan fingerprint density at radius 2 is 1.38 bits per heavy atom. The SMILES string of the molecule is CC(=O)c1oc2c(c1-c1ccccc1)C(=O)c1ccccc1C2=O. The van der Waals surface area contributed by atoms with Crippen molar-refractivity contribution in [2.45, 2.75) is 6.92 Å². The van der Waals surface area contributed by atoms with Gasteiger partial charge in [0.15, 0.2) is 23.1 Å². The first kappa shape index (κ1) is 14.3. The molecule has 4 nitrogen and oxygen atoms in total. The number of Topliss-reactive ketones (excluding diaryl/α,β-unsaturated/α-hetero) is 1. The van der Waals surface area contributed by atoms with Gasteiger partial charge in [-0.1, -0.05) is 54.6 Å². The summed E-state index contributed by atoms with van der Waals surface area (Å²) >= 11 is 0. The highest BCUT2D eigenvalue weighted by Crippen LogP contribution is 2.39. The highest BCUT2D eigenvalue weighted by Gasteiger charge is 2.38. The quantitative estimate of drug-likeness (QED) is 0.526. The molecule has 24 heavy (non-hydrogen) atoms. The molecule has 4 heteroatoms. The van der Waals surface area contributed by atoms with E-state index in [0.717, 1.165) is 0 Å². The lowest BCUT2D eigenvalue weighted by Gasteiger charge is -2.13. The molecule has 0 bridgehead atoms. The van der Waals surface area contributed by atoms with Gasteiger partial charge in [-0.05, 0) is 5.56 Å². The molecular formula is C20H12O4. The van der Waals surface area contributed by atoms with Gasteiger partial charge in [-0.25, -0.2) is 0 Å². The fourth-order valence-corrected chi connectivity index (χ4v) is 3.07. The maximum absolute atomic E-state index is 13.0. The number of rotatable bonds is 2. The number of ketones is 3. The molecule has 0 unspecified atom stereocenters. The van der Waals surface area contributed by atoms with Crippen LogP contribution in [-0.2, 0) is 0 Å². The third-order valence-electron chi connectivity index (χ3n) is 4.14. The summed E-state index contributed by atoms with van der Waals surface area (Å²) in [6, 6.07) is 15.6. The Morgan fingerprint density at radius 1 is 0.792 bits per heavy atom. The minimum absolute atomic E-state index is 0.0423. The van der Waals surface area contributed by atoms with Crippen molar-refractivity contribution in [3.63, 3.8) is 0 Å². The van der Waals surface area contributed by atoms with E-state index in [4.69, 9.17) is 4.42 Å². The lowest BCUT2D eigenvalue weighted by atomic mass is 9.85. The lowest BCUT2D eigenvalue weighted by Crippen LogP contribution is -2.19. The van der Waals surface area contributed by atoms with Crippen LogP contribution in [0.4, 0.5) is 0 Å². The zero-order valence-electron chi connectivity index (χ0n) is 12.8. The Balaban J connectivity index is 2.07. The van der Waals surface area contributed by atoms with E-state index in [1.807, 2.05) is 18.2 Å². The van der Waals surface area contributed by atoms with Crippen molar-refractivity contribution >= 4 is 17.3 Å². The van der Waals surface area contributed by atoms with Crippen molar-refractivity contribution in [3.05, 3.63) is 82.8 Å². The lowest BCUT2D eigenvalue weighted by molar-refractivity contribution is 0.0947. The van der Waals surface area contributed by atoms with Crippen molar-refractivity contribution in [3.8, 4) is 11.1 Å². The Hall–Kier alpha value is -3.27. The van der Waals surface area contributed by atoms with Gasteiger partial charge in [0, 0.05) is 23.6 Å². The highest BCUT2D eigenvalue weighted by molar-refractivity contribution is 6.30. The van der Waals surface area contributed by atoms with Gasteiger partial charge in [-0.2, -0.15) is 0 Å². The average molecular weight is 316 g/mol. The minimum Gasteiger partial charge on any atom is -0.448 e. The van der Waals surface area contributed by atoms with Gasteiger partial charge in [0.2, 0.25) is 5.78 Å². The number of carbonyl (C=O) groups is 3. The molecule has 1 aliphatic carbocycles. The van der Waals surface area contributed by atoms with Crippen LogP contribution >= 0.6 is 0 Å². The number of benzene rings is 2. The summed E-state index contributed by atoms with van der Waals surface area (Å²) in [6.07, 6.45) is 0. The molecule has 0 radical (unpaired) electrons. The van der Waals surface area contributed by atoms with Crippen LogP contribution in [0.5, 0.6) is 0 Å². The second kappa shape index (κ2) is 5.13. The summed E-state index contributed by atoms with van der Waals surface area (Å²) in [5.41, 5.74) is 1.89. The van der Waals surface area contributed by atoms with E-state index in [-0.39, 0.29) is 34.4 Å². The smallest absolute Gasteiger partial charge is 0.229 e. The Morgan fingerprint density at radius 3 is 2.00 bits per heavy atom.